The van der Waals surface area contributed by atoms with Gasteiger partial charge in [0.25, 0.3) is 10.2 Å². The van der Waals surface area contributed by atoms with Gasteiger partial charge in [0.05, 0.1) is 0 Å². The van der Waals surface area contributed by atoms with Crippen LogP contribution in [0.15, 0.2) is 29.6 Å². The predicted octanol–water partition coefficient (Wildman–Crippen LogP) is 3.00. The van der Waals surface area contributed by atoms with Crippen molar-refractivity contribution in [2.45, 2.75) is 26.3 Å². The van der Waals surface area contributed by atoms with Crippen molar-refractivity contribution in [2.75, 3.05) is 39.3 Å². The molecule has 0 radical (unpaired) electrons. The zero-order valence-electron chi connectivity index (χ0n) is 15.3. The maximum Gasteiger partial charge on any atom is 0.282 e. The minimum atomic E-state index is -3.30. The van der Waals surface area contributed by atoms with Crippen LogP contribution in [0.2, 0.25) is 0 Å². The van der Waals surface area contributed by atoms with Gasteiger partial charge in [-0.25, -0.2) is 0 Å². The van der Waals surface area contributed by atoms with Gasteiger partial charge in [0.1, 0.15) is 0 Å². The van der Waals surface area contributed by atoms with E-state index < -0.39 is 10.2 Å². The Hall–Kier alpha value is -0.990. The Bertz CT molecular complexity index is 857. The lowest BCUT2D eigenvalue weighted by Crippen LogP contribution is -2.54. The molecule has 1 atom stereocenters. The van der Waals surface area contributed by atoms with Crippen molar-refractivity contribution in [1.82, 2.24) is 13.5 Å². The van der Waals surface area contributed by atoms with Gasteiger partial charge in [-0.15, -0.1) is 11.3 Å². The molecule has 0 bridgehead atoms. The van der Waals surface area contributed by atoms with E-state index in [-0.39, 0.29) is 0 Å². The highest BCUT2D eigenvalue weighted by Crippen LogP contribution is 2.27. The molecule has 0 aliphatic carbocycles. The molecule has 0 saturated carbocycles. The summed E-state index contributed by atoms with van der Waals surface area (Å²) >= 11 is 1.79. The number of benzene rings is 1. The van der Waals surface area contributed by atoms with E-state index in [1.807, 2.05) is 0 Å². The fraction of sp³-hybridized carbons (Fsp3) is 0.579. The lowest BCUT2D eigenvalue weighted by atomic mass is 10.0. The van der Waals surface area contributed by atoms with E-state index in [0.717, 1.165) is 32.5 Å². The molecule has 26 heavy (non-hydrogen) atoms. The number of thiophene rings is 1. The maximum atomic E-state index is 12.9. The van der Waals surface area contributed by atoms with Crippen molar-refractivity contribution in [3.63, 3.8) is 0 Å². The summed E-state index contributed by atoms with van der Waals surface area (Å²) in [4.78, 5) is 2.37. The molecule has 2 fully saturated rings. The number of piperidine rings is 1. The van der Waals surface area contributed by atoms with E-state index in [0.29, 0.717) is 32.1 Å². The molecule has 7 heteroatoms. The second-order valence-corrected chi connectivity index (χ2v) is 10.4. The van der Waals surface area contributed by atoms with Gasteiger partial charge in [-0.2, -0.15) is 17.0 Å². The summed E-state index contributed by atoms with van der Waals surface area (Å²) in [6.07, 6.45) is 2.11. The number of rotatable bonds is 4. The third-order valence-electron chi connectivity index (χ3n) is 5.56. The molecule has 2 saturated heterocycles. The Kier molecular flexibility index (Phi) is 5.34. The van der Waals surface area contributed by atoms with Crippen LogP contribution in [0.25, 0.3) is 10.1 Å². The molecule has 142 valence electrons. The Morgan fingerprint density at radius 2 is 1.85 bits per heavy atom. The van der Waals surface area contributed by atoms with Crippen molar-refractivity contribution in [1.29, 1.82) is 0 Å². The average molecular weight is 394 g/mol. The SMILES string of the molecule is C[C@H]1CCCN(S(=O)(=O)N2CCN(Cc3csc4ccccc34)CC2)C1. The van der Waals surface area contributed by atoms with Crippen LogP contribution in [0, 0.1) is 5.92 Å². The van der Waals surface area contributed by atoms with E-state index in [9.17, 15) is 8.42 Å². The second-order valence-electron chi connectivity index (χ2n) is 7.55. The van der Waals surface area contributed by atoms with Gasteiger partial charge < -0.3 is 0 Å². The molecule has 4 rings (SSSR count). The van der Waals surface area contributed by atoms with E-state index in [1.165, 1.54) is 15.6 Å². The third kappa shape index (κ3) is 3.68. The lowest BCUT2D eigenvalue weighted by molar-refractivity contribution is 0.170. The number of hydrogen-bond donors (Lipinski definition) is 0. The number of fused-ring (bicyclic) bond motifs is 1. The topological polar surface area (TPSA) is 43.9 Å². The van der Waals surface area contributed by atoms with Crippen LogP contribution in [0.1, 0.15) is 25.3 Å². The standard InChI is InChI=1S/C19H27N3O2S2/c1-16-5-4-8-22(13-16)26(23,24)21-11-9-20(10-12-21)14-17-15-25-19-7-3-2-6-18(17)19/h2-3,6-7,15-16H,4-5,8-14H2,1H3/t16-/m0/s1. The molecule has 1 aromatic carbocycles. The van der Waals surface area contributed by atoms with Crippen LogP contribution in [-0.2, 0) is 16.8 Å². The van der Waals surface area contributed by atoms with Crippen molar-refractivity contribution in [2.24, 2.45) is 5.92 Å². The number of piperazine rings is 1. The Morgan fingerprint density at radius 3 is 2.62 bits per heavy atom. The molecule has 5 nitrogen and oxygen atoms in total. The molecule has 3 heterocycles. The first kappa shape index (κ1) is 18.4. The van der Waals surface area contributed by atoms with E-state index in [1.54, 1.807) is 19.9 Å². The van der Waals surface area contributed by atoms with E-state index in [4.69, 9.17) is 0 Å². The first-order chi connectivity index (χ1) is 12.5. The predicted molar refractivity (Wildman–Crippen MR) is 108 cm³/mol. The van der Waals surface area contributed by atoms with Crippen LogP contribution in [0.5, 0.6) is 0 Å². The highest BCUT2D eigenvalue weighted by atomic mass is 32.2. The van der Waals surface area contributed by atoms with Crippen molar-refractivity contribution in [3.8, 4) is 0 Å². The number of hydrogen-bond acceptors (Lipinski definition) is 4. The zero-order valence-corrected chi connectivity index (χ0v) is 16.9. The molecule has 1 aromatic heterocycles. The fourth-order valence-corrected chi connectivity index (χ4v) is 6.74. The Labute approximate surface area is 160 Å². The molecule has 2 aliphatic rings. The Balaban J connectivity index is 1.38. The fourth-order valence-electron chi connectivity index (χ4n) is 4.03. The van der Waals surface area contributed by atoms with Crippen LogP contribution < -0.4 is 0 Å². The first-order valence-corrected chi connectivity index (χ1v) is 11.7. The average Bonchev–Trinajstić information content (AvgIpc) is 3.05. The van der Waals surface area contributed by atoms with Gasteiger partial charge >= 0.3 is 0 Å². The van der Waals surface area contributed by atoms with Crippen LogP contribution in [0.3, 0.4) is 0 Å². The van der Waals surface area contributed by atoms with Gasteiger partial charge in [-0.1, -0.05) is 25.1 Å². The molecule has 0 amide bonds. The van der Waals surface area contributed by atoms with Gasteiger partial charge in [0, 0.05) is 50.5 Å². The molecule has 2 aliphatic heterocycles. The lowest BCUT2D eigenvalue weighted by Gasteiger charge is -2.38. The minimum Gasteiger partial charge on any atom is -0.296 e. The zero-order chi connectivity index (χ0) is 18.1. The van der Waals surface area contributed by atoms with Crippen molar-refractivity contribution in [3.05, 3.63) is 35.2 Å². The molecule has 0 unspecified atom stereocenters. The van der Waals surface area contributed by atoms with E-state index >= 15 is 0 Å². The quantitative estimate of drug-likeness (QED) is 0.802. The van der Waals surface area contributed by atoms with E-state index in [2.05, 4.69) is 41.5 Å². The second kappa shape index (κ2) is 7.56. The van der Waals surface area contributed by atoms with Crippen LogP contribution >= 0.6 is 11.3 Å². The largest absolute Gasteiger partial charge is 0.296 e. The van der Waals surface area contributed by atoms with Crippen LogP contribution in [0.4, 0.5) is 0 Å². The molecular formula is C19H27N3O2S2. The first-order valence-electron chi connectivity index (χ1n) is 9.47. The van der Waals surface area contributed by atoms with Gasteiger partial charge in [-0.05, 0) is 41.2 Å². The van der Waals surface area contributed by atoms with Crippen molar-refractivity contribution < 1.29 is 8.42 Å². The van der Waals surface area contributed by atoms with Crippen LogP contribution in [-0.4, -0.2) is 61.2 Å². The summed E-state index contributed by atoms with van der Waals surface area (Å²) in [6, 6.07) is 8.50. The monoisotopic (exact) mass is 393 g/mol. The minimum absolute atomic E-state index is 0.465. The summed E-state index contributed by atoms with van der Waals surface area (Å²) in [7, 11) is -3.30. The molecule has 0 N–H and O–H groups in total. The van der Waals surface area contributed by atoms with Crippen molar-refractivity contribution >= 4 is 31.6 Å². The summed E-state index contributed by atoms with van der Waals surface area (Å²) in [5, 5.41) is 3.57. The summed E-state index contributed by atoms with van der Waals surface area (Å²) in [5.74, 6) is 0.465. The maximum absolute atomic E-state index is 12.9. The number of nitrogens with zero attached hydrogens (tertiary/aromatic N) is 3. The third-order valence-corrected chi connectivity index (χ3v) is 8.57. The smallest absolute Gasteiger partial charge is 0.282 e. The summed E-state index contributed by atoms with van der Waals surface area (Å²) in [5.41, 5.74) is 1.35. The summed E-state index contributed by atoms with van der Waals surface area (Å²) < 4.78 is 30.5. The normalized spacial score (nSPS) is 24.3. The molecular weight excluding hydrogens is 366 g/mol. The molecule has 0 spiro atoms. The van der Waals surface area contributed by atoms with Gasteiger partial charge in [0.2, 0.25) is 0 Å². The molecule has 2 aromatic rings. The van der Waals surface area contributed by atoms with Gasteiger partial charge in [-0.3, -0.25) is 4.90 Å². The highest BCUT2D eigenvalue weighted by Gasteiger charge is 2.34. The van der Waals surface area contributed by atoms with Gasteiger partial charge in [0.15, 0.2) is 0 Å². The summed E-state index contributed by atoms with van der Waals surface area (Å²) in [6.45, 7) is 7.17. The highest BCUT2D eigenvalue weighted by molar-refractivity contribution is 7.86. The Morgan fingerprint density at radius 1 is 1.08 bits per heavy atom.